The highest BCUT2D eigenvalue weighted by Crippen LogP contribution is 2.57. The van der Waals surface area contributed by atoms with Crippen molar-refractivity contribution in [2.75, 3.05) is 6.54 Å². The number of hydrogen-bond acceptors (Lipinski definition) is 2. The van der Waals surface area contributed by atoms with Crippen LogP contribution < -0.4 is 5.32 Å². The lowest BCUT2D eigenvalue weighted by Gasteiger charge is -2.54. The third-order valence-corrected chi connectivity index (χ3v) is 10.0. The zero-order valence-electron chi connectivity index (χ0n) is 21.0. The molecule has 1 amide bonds. The van der Waals surface area contributed by atoms with Crippen molar-refractivity contribution >= 4 is 40.7 Å². The van der Waals surface area contributed by atoms with Gasteiger partial charge in [-0.3, -0.25) is 4.79 Å². The molecule has 0 radical (unpaired) electrons. The molecule has 2 aromatic carbocycles. The van der Waals surface area contributed by atoms with Crippen molar-refractivity contribution in [3.63, 3.8) is 0 Å². The van der Waals surface area contributed by atoms with Crippen LogP contribution in [0.25, 0.3) is 16.9 Å². The van der Waals surface area contributed by atoms with Crippen molar-refractivity contribution in [1.29, 1.82) is 0 Å². The molecule has 4 nitrogen and oxygen atoms in total. The third kappa shape index (κ3) is 4.93. The maximum Gasteiger partial charge on any atom is 0.272 e. The minimum Gasteiger partial charge on any atom is -0.351 e. The molecule has 0 unspecified atom stereocenters. The Morgan fingerprint density at radius 1 is 0.946 bits per heavy atom. The number of rotatable bonds is 7. The van der Waals surface area contributed by atoms with E-state index in [0.29, 0.717) is 27.3 Å². The number of aromatic nitrogens is 2. The molecule has 1 aromatic heterocycles. The first kappa shape index (κ1) is 25.3. The summed E-state index contributed by atoms with van der Waals surface area (Å²) in [6.07, 6.45) is 9.52. The number of benzene rings is 2. The standard InChI is InChI=1S/C30H32Cl3N3O/c1-17-28(30(37)34-10-2-3-25-21-12-18-11-19(14-21)15-22(25)13-18)35-36(24-8-9-26(32)27(33)16-24)29(17)20-4-6-23(31)7-5-20/h4-9,16,18-19,21-22,25H,2-3,10-15H2,1H3,(H,34,37). The summed E-state index contributed by atoms with van der Waals surface area (Å²) >= 11 is 18.6. The van der Waals surface area contributed by atoms with E-state index in [1.54, 1.807) is 16.8 Å². The number of halogens is 3. The van der Waals surface area contributed by atoms with Crippen molar-refractivity contribution in [2.45, 2.75) is 51.9 Å². The Bertz CT molecular complexity index is 1290. The summed E-state index contributed by atoms with van der Waals surface area (Å²) in [5.41, 5.74) is 3.72. The molecule has 4 aliphatic carbocycles. The van der Waals surface area contributed by atoms with E-state index in [0.717, 1.165) is 58.5 Å². The Morgan fingerprint density at radius 3 is 2.27 bits per heavy atom. The van der Waals surface area contributed by atoms with Crippen LogP contribution in [-0.2, 0) is 0 Å². The van der Waals surface area contributed by atoms with Crippen molar-refractivity contribution < 1.29 is 4.79 Å². The summed E-state index contributed by atoms with van der Waals surface area (Å²) in [4.78, 5) is 13.3. The maximum atomic E-state index is 13.3. The van der Waals surface area contributed by atoms with Gasteiger partial charge in [0.1, 0.15) is 0 Å². The first-order chi connectivity index (χ1) is 17.9. The van der Waals surface area contributed by atoms with Crippen LogP contribution in [0, 0.1) is 36.5 Å². The molecule has 194 valence electrons. The van der Waals surface area contributed by atoms with Gasteiger partial charge in [0.15, 0.2) is 5.69 Å². The van der Waals surface area contributed by atoms with E-state index >= 15 is 0 Å². The normalized spacial score (nSPS) is 26.0. The second-order valence-corrected chi connectivity index (χ2v) is 12.6. The van der Waals surface area contributed by atoms with Crippen molar-refractivity contribution in [1.82, 2.24) is 15.1 Å². The van der Waals surface area contributed by atoms with Gasteiger partial charge in [-0.1, -0.05) is 46.9 Å². The SMILES string of the molecule is Cc1c(C(=O)NCCCC2C3CC4CC(C3)CC2C4)nn(-c2ccc(Cl)c(Cl)c2)c1-c1ccc(Cl)cc1. The number of carbonyl (C=O) groups is 1. The molecule has 1 heterocycles. The van der Waals surface area contributed by atoms with Crippen molar-refractivity contribution in [3.8, 4) is 16.9 Å². The van der Waals surface area contributed by atoms with Gasteiger partial charge in [0.2, 0.25) is 0 Å². The highest BCUT2D eigenvalue weighted by atomic mass is 35.5. The van der Waals surface area contributed by atoms with Crippen LogP contribution in [0.4, 0.5) is 0 Å². The Hall–Kier alpha value is -2.01. The van der Waals surface area contributed by atoms with Crippen LogP contribution in [0.1, 0.15) is 61.0 Å². The van der Waals surface area contributed by atoms with Crippen LogP contribution in [0.15, 0.2) is 42.5 Å². The number of nitrogens with zero attached hydrogens (tertiary/aromatic N) is 2. The van der Waals surface area contributed by atoms with Gasteiger partial charge < -0.3 is 5.32 Å². The van der Waals surface area contributed by atoms with Gasteiger partial charge in [-0.25, -0.2) is 4.68 Å². The first-order valence-corrected chi connectivity index (χ1v) is 14.6. The highest BCUT2D eigenvalue weighted by Gasteiger charge is 2.47. The van der Waals surface area contributed by atoms with Crippen LogP contribution in [-0.4, -0.2) is 22.2 Å². The summed E-state index contributed by atoms with van der Waals surface area (Å²) in [5, 5.41) is 9.46. The summed E-state index contributed by atoms with van der Waals surface area (Å²) in [7, 11) is 0. The topological polar surface area (TPSA) is 46.9 Å². The van der Waals surface area contributed by atoms with E-state index in [9.17, 15) is 4.79 Å². The quantitative estimate of drug-likeness (QED) is 0.297. The Labute approximate surface area is 233 Å². The van der Waals surface area contributed by atoms with E-state index in [4.69, 9.17) is 39.9 Å². The van der Waals surface area contributed by atoms with E-state index in [-0.39, 0.29) is 5.91 Å². The van der Waals surface area contributed by atoms with Gasteiger partial charge in [0.05, 0.1) is 21.4 Å². The van der Waals surface area contributed by atoms with Crippen LogP contribution in [0.3, 0.4) is 0 Å². The van der Waals surface area contributed by atoms with Crippen LogP contribution >= 0.6 is 34.8 Å². The molecule has 4 fully saturated rings. The molecule has 3 aromatic rings. The smallest absolute Gasteiger partial charge is 0.272 e. The second kappa shape index (κ2) is 10.3. The van der Waals surface area contributed by atoms with Crippen LogP contribution in [0.2, 0.25) is 15.1 Å². The van der Waals surface area contributed by atoms with Gasteiger partial charge >= 0.3 is 0 Å². The lowest BCUT2D eigenvalue weighted by atomic mass is 9.51. The molecule has 0 saturated heterocycles. The molecular weight excluding hydrogens is 525 g/mol. The number of amides is 1. The molecule has 4 aliphatic rings. The predicted molar refractivity (Wildman–Crippen MR) is 151 cm³/mol. The number of hydrogen-bond donors (Lipinski definition) is 1. The van der Waals surface area contributed by atoms with E-state index in [2.05, 4.69) is 5.32 Å². The summed E-state index contributed by atoms with van der Waals surface area (Å²) < 4.78 is 1.77. The predicted octanol–water partition coefficient (Wildman–Crippen LogP) is 8.39. The fraction of sp³-hybridized carbons (Fsp3) is 0.467. The Kier molecular flexibility index (Phi) is 7.02. The highest BCUT2D eigenvalue weighted by molar-refractivity contribution is 6.42. The molecule has 7 rings (SSSR count). The lowest BCUT2D eigenvalue weighted by molar-refractivity contribution is -0.0401. The molecule has 4 saturated carbocycles. The minimum atomic E-state index is -0.142. The maximum absolute atomic E-state index is 13.3. The van der Waals surface area contributed by atoms with Gasteiger partial charge in [0.25, 0.3) is 5.91 Å². The fourth-order valence-electron chi connectivity index (χ4n) is 7.59. The molecule has 0 atom stereocenters. The molecular formula is C30H32Cl3N3O. The average Bonchev–Trinajstić information content (AvgIpc) is 3.22. The van der Waals surface area contributed by atoms with Gasteiger partial charge in [-0.2, -0.15) is 5.10 Å². The summed E-state index contributed by atoms with van der Waals surface area (Å²) in [6.45, 7) is 2.62. The summed E-state index contributed by atoms with van der Waals surface area (Å²) in [6, 6.07) is 12.9. The Balaban J connectivity index is 1.19. The van der Waals surface area contributed by atoms with Gasteiger partial charge in [-0.15, -0.1) is 0 Å². The fourth-order valence-corrected chi connectivity index (χ4v) is 8.01. The molecule has 7 heteroatoms. The molecule has 1 N–H and O–H groups in total. The lowest BCUT2D eigenvalue weighted by Crippen LogP contribution is -2.45. The molecule has 37 heavy (non-hydrogen) atoms. The molecule has 4 bridgehead atoms. The third-order valence-electron chi connectivity index (χ3n) is 9.02. The van der Waals surface area contributed by atoms with Crippen LogP contribution in [0.5, 0.6) is 0 Å². The largest absolute Gasteiger partial charge is 0.351 e. The Morgan fingerprint density at radius 2 is 1.62 bits per heavy atom. The average molecular weight is 557 g/mol. The summed E-state index contributed by atoms with van der Waals surface area (Å²) in [5.74, 6) is 4.58. The van der Waals surface area contributed by atoms with E-state index < -0.39 is 0 Å². The zero-order valence-corrected chi connectivity index (χ0v) is 23.3. The van der Waals surface area contributed by atoms with Gasteiger partial charge in [-0.05, 0) is 112 Å². The number of nitrogens with one attached hydrogen (secondary N) is 1. The van der Waals surface area contributed by atoms with Crippen molar-refractivity contribution in [2.24, 2.45) is 29.6 Å². The monoisotopic (exact) mass is 555 g/mol. The van der Waals surface area contributed by atoms with E-state index in [1.165, 1.54) is 38.5 Å². The zero-order chi connectivity index (χ0) is 25.7. The van der Waals surface area contributed by atoms with Crippen molar-refractivity contribution in [3.05, 3.63) is 68.8 Å². The second-order valence-electron chi connectivity index (χ2n) is 11.3. The van der Waals surface area contributed by atoms with E-state index in [1.807, 2.05) is 37.3 Å². The first-order valence-electron chi connectivity index (χ1n) is 13.5. The minimum absolute atomic E-state index is 0.142. The van der Waals surface area contributed by atoms with Gasteiger partial charge in [0, 0.05) is 22.7 Å². The molecule has 0 spiro atoms. The number of carbonyl (C=O) groups excluding carboxylic acids is 1. The molecule has 0 aliphatic heterocycles.